The zero-order valence-electron chi connectivity index (χ0n) is 15.2. The SMILES string of the molecule is Cc1ccc(NCC(=O)N/N=C\c2cccn2-c2ccc([N+](=O)[O-])cc2)cc1. The first-order chi connectivity index (χ1) is 13.5. The number of aryl methyl sites for hydroxylation is 1. The molecule has 0 spiro atoms. The van der Waals surface area contributed by atoms with Gasteiger partial charge in [0.15, 0.2) is 0 Å². The molecule has 0 radical (unpaired) electrons. The number of nitro benzene ring substituents is 1. The van der Waals surface area contributed by atoms with Crippen molar-refractivity contribution in [2.24, 2.45) is 5.10 Å². The number of nitrogens with zero attached hydrogens (tertiary/aromatic N) is 3. The predicted molar refractivity (Wildman–Crippen MR) is 108 cm³/mol. The Morgan fingerprint density at radius 2 is 1.86 bits per heavy atom. The quantitative estimate of drug-likeness (QED) is 0.375. The molecule has 0 saturated heterocycles. The van der Waals surface area contributed by atoms with Crippen LogP contribution in [0.1, 0.15) is 11.3 Å². The Labute approximate surface area is 161 Å². The number of carbonyl (C=O) groups excluding carboxylic acids is 1. The van der Waals surface area contributed by atoms with Gasteiger partial charge in [0.1, 0.15) is 0 Å². The van der Waals surface area contributed by atoms with Crippen molar-refractivity contribution >= 4 is 23.5 Å². The number of benzene rings is 2. The van der Waals surface area contributed by atoms with Crippen LogP contribution in [-0.2, 0) is 4.79 Å². The molecule has 3 rings (SSSR count). The lowest BCUT2D eigenvalue weighted by Crippen LogP contribution is -2.25. The zero-order chi connectivity index (χ0) is 19.9. The van der Waals surface area contributed by atoms with E-state index in [1.54, 1.807) is 12.1 Å². The standard InChI is InChI=1S/C20H19N5O3/c1-15-4-6-16(7-5-15)21-14-20(26)23-22-13-19-3-2-12-24(19)17-8-10-18(11-9-17)25(27)28/h2-13,21H,14H2,1H3,(H,23,26)/b22-13-. The molecule has 0 saturated carbocycles. The summed E-state index contributed by atoms with van der Waals surface area (Å²) in [5, 5.41) is 17.8. The van der Waals surface area contributed by atoms with Gasteiger partial charge in [0.2, 0.25) is 0 Å². The van der Waals surface area contributed by atoms with E-state index in [9.17, 15) is 14.9 Å². The van der Waals surface area contributed by atoms with Crippen LogP contribution in [-0.4, -0.2) is 28.2 Å². The maximum absolute atomic E-state index is 11.9. The van der Waals surface area contributed by atoms with Crippen LogP contribution in [0.15, 0.2) is 72.0 Å². The van der Waals surface area contributed by atoms with Crippen LogP contribution in [0, 0.1) is 17.0 Å². The first-order valence-electron chi connectivity index (χ1n) is 8.57. The maximum atomic E-state index is 11.9. The van der Waals surface area contributed by atoms with Gasteiger partial charge in [0.05, 0.1) is 23.4 Å². The summed E-state index contributed by atoms with van der Waals surface area (Å²) in [5.41, 5.74) is 5.98. The second kappa shape index (κ2) is 8.63. The second-order valence-electron chi connectivity index (χ2n) is 6.09. The van der Waals surface area contributed by atoms with Crippen LogP contribution >= 0.6 is 0 Å². The van der Waals surface area contributed by atoms with Gasteiger partial charge in [-0.2, -0.15) is 5.10 Å². The Hall–Kier alpha value is -3.94. The average Bonchev–Trinajstić information content (AvgIpc) is 3.16. The summed E-state index contributed by atoms with van der Waals surface area (Å²) in [6.45, 7) is 2.10. The van der Waals surface area contributed by atoms with Crippen molar-refractivity contribution in [3.8, 4) is 5.69 Å². The summed E-state index contributed by atoms with van der Waals surface area (Å²) < 4.78 is 1.81. The minimum Gasteiger partial charge on any atom is -0.376 e. The first-order valence-corrected chi connectivity index (χ1v) is 8.57. The largest absolute Gasteiger partial charge is 0.376 e. The van der Waals surface area contributed by atoms with E-state index in [4.69, 9.17) is 0 Å². The highest BCUT2D eigenvalue weighted by Crippen LogP contribution is 2.16. The molecule has 1 amide bonds. The number of amides is 1. The molecular weight excluding hydrogens is 358 g/mol. The fraction of sp³-hybridized carbons (Fsp3) is 0.100. The van der Waals surface area contributed by atoms with Crippen molar-refractivity contribution in [3.05, 3.63) is 88.2 Å². The first kappa shape index (κ1) is 18.8. The average molecular weight is 377 g/mol. The molecule has 2 aromatic carbocycles. The Morgan fingerprint density at radius 1 is 1.14 bits per heavy atom. The lowest BCUT2D eigenvalue weighted by molar-refractivity contribution is -0.384. The number of hydrazone groups is 1. The number of aromatic nitrogens is 1. The van der Waals surface area contributed by atoms with Crippen LogP contribution < -0.4 is 10.7 Å². The predicted octanol–water partition coefficient (Wildman–Crippen LogP) is 3.26. The van der Waals surface area contributed by atoms with Gasteiger partial charge in [-0.25, -0.2) is 5.43 Å². The number of carbonyl (C=O) groups is 1. The number of anilines is 1. The third-order valence-electron chi connectivity index (χ3n) is 4.01. The van der Waals surface area contributed by atoms with Gasteiger partial charge in [-0.3, -0.25) is 14.9 Å². The van der Waals surface area contributed by atoms with Crippen LogP contribution in [0.2, 0.25) is 0 Å². The molecule has 1 aromatic heterocycles. The molecule has 8 nitrogen and oxygen atoms in total. The Balaban J connectivity index is 1.57. The van der Waals surface area contributed by atoms with Crippen LogP contribution in [0.3, 0.4) is 0 Å². The van der Waals surface area contributed by atoms with E-state index in [0.717, 1.165) is 22.6 Å². The van der Waals surface area contributed by atoms with Gasteiger partial charge in [-0.05, 0) is 43.3 Å². The molecule has 3 aromatic rings. The molecule has 0 aliphatic heterocycles. The normalized spacial score (nSPS) is 10.8. The lowest BCUT2D eigenvalue weighted by Gasteiger charge is -2.07. The highest BCUT2D eigenvalue weighted by Gasteiger charge is 2.06. The smallest absolute Gasteiger partial charge is 0.269 e. The third-order valence-corrected chi connectivity index (χ3v) is 4.01. The molecule has 0 unspecified atom stereocenters. The minimum absolute atomic E-state index is 0.0273. The van der Waals surface area contributed by atoms with Gasteiger partial charge in [-0.15, -0.1) is 0 Å². The Bertz CT molecular complexity index is 991. The Kier molecular flexibility index (Phi) is 5.81. The number of hydrogen-bond donors (Lipinski definition) is 2. The van der Waals surface area contributed by atoms with Crippen molar-refractivity contribution in [3.63, 3.8) is 0 Å². The molecule has 0 fully saturated rings. The Morgan fingerprint density at radius 3 is 2.54 bits per heavy atom. The van der Waals surface area contributed by atoms with Crippen LogP contribution in [0.4, 0.5) is 11.4 Å². The fourth-order valence-electron chi connectivity index (χ4n) is 2.53. The molecule has 0 aliphatic carbocycles. The van der Waals surface area contributed by atoms with E-state index in [1.807, 2.05) is 54.1 Å². The van der Waals surface area contributed by atoms with Crippen molar-refractivity contribution in [1.82, 2.24) is 9.99 Å². The number of hydrogen-bond acceptors (Lipinski definition) is 5. The monoisotopic (exact) mass is 377 g/mol. The van der Waals surface area contributed by atoms with E-state index in [1.165, 1.54) is 18.3 Å². The van der Waals surface area contributed by atoms with Crippen LogP contribution in [0.5, 0.6) is 0 Å². The highest BCUT2D eigenvalue weighted by molar-refractivity contribution is 5.84. The van der Waals surface area contributed by atoms with E-state index in [0.29, 0.717) is 0 Å². The molecule has 28 heavy (non-hydrogen) atoms. The summed E-state index contributed by atoms with van der Waals surface area (Å²) >= 11 is 0. The fourth-order valence-corrected chi connectivity index (χ4v) is 2.53. The number of rotatable bonds is 7. The van der Waals surface area contributed by atoms with Crippen molar-refractivity contribution in [2.45, 2.75) is 6.92 Å². The van der Waals surface area contributed by atoms with Gasteiger partial charge < -0.3 is 9.88 Å². The third kappa shape index (κ3) is 4.82. The van der Waals surface area contributed by atoms with E-state index in [2.05, 4.69) is 15.8 Å². The summed E-state index contributed by atoms with van der Waals surface area (Å²) in [6.07, 6.45) is 3.33. The summed E-state index contributed by atoms with van der Waals surface area (Å²) in [5.74, 6) is -0.273. The second-order valence-corrected chi connectivity index (χ2v) is 6.09. The van der Waals surface area contributed by atoms with Crippen LogP contribution in [0.25, 0.3) is 5.69 Å². The molecule has 0 atom stereocenters. The van der Waals surface area contributed by atoms with Crippen molar-refractivity contribution in [1.29, 1.82) is 0 Å². The van der Waals surface area contributed by atoms with E-state index >= 15 is 0 Å². The molecule has 0 aliphatic rings. The summed E-state index contributed by atoms with van der Waals surface area (Å²) in [4.78, 5) is 22.2. The zero-order valence-corrected chi connectivity index (χ0v) is 15.2. The highest BCUT2D eigenvalue weighted by atomic mass is 16.6. The van der Waals surface area contributed by atoms with Gasteiger partial charge >= 0.3 is 0 Å². The van der Waals surface area contributed by atoms with Gasteiger partial charge in [0.25, 0.3) is 11.6 Å². The summed E-state index contributed by atoms with van der Waals surface area (Å²) in [6, 6.07) is 17.6. The topological polar surface area (TPSA) is 102 Å². The number of nitro groups is 1. The molecule has 1 heterocycles. The van der Waals surface area contributed by atoms with Gasteiger partial charge in [0, 0.05) is 29.7 Å². The van der Waals surface area contributed by atoms with Gasteiger partial charge in [-0.1, -0.05) is 17.7 Å². The maximum Gasteiger partial charge on any atom is 0.269 e. The molecule has 142 valence electrons. The van der Waals surface area contributed by atoms with E-state index < -0.39 is 4.92 Å². The molecular formula is C20H19N5O3. The molecule has 8 heteroatoms. The van der Waals surface area contributed by atoms with Crippen molar-refractivity contribution < 1.29 is 9.72 Å². The number of nitrogens with one attached hydrogen (secondary N) is 2. The number of non-ortho nitro benzene ring substituents is 1. The minimum atomic E-state index is -0.442. The van der Waals surface area contributed by atoms with Crippen molar-refractivity contribution in [2.75, 3.05) is 11.9 Å². The lowest BCUT2D eigenvalue weighted by atomic mass is 10.2. The molecule has 0 bridgehead atoms. The summed E-state index contributed by atoms with van der Waals surface area (Å²) in [7, 11) is 0. The molecule has 2 N–H and O–H groups in total. The van der Waals surface area contributed by atoms with E-state index in [-0.39, 0.29) is 18.1 Å².